The molecule has 4 heteroatoms. The van der Waals surface area contributed by atoms with E-state index in [1.807, 2.05) is 62.2 Å². The lowest BCUT2D eigenvalue weighted by Crippen LogP contribution is -2.38. The Bertz CT molecular complexity index is 651. The third kappa shape index (κ3) is 3.21. The first-order valence-electron chi connectivity index (χ1n) is 7.65. The van der Waals surface area contributed by atoms with Gasteiger partial charge in [-0.15, -0.1) is 0 Å². The highest BCUT2D eigenvalue weighted by Gasteiger charge is 2.26. The smallest absolute Gasteiger partial charge is 0.276 e. The van der Waals surface area contributed by atoms with Crippen molar-refractivity contribution in [3.8, 4) is 0 Å². The van der Waals surface area contributed by atoms with E-state index >= 15 is 0 Å². The van der Waals surface area contributed by atoms with E-state index < -0.39 is 0 Å². The van der Waals surface area contributed by atoms with E-state index in [0.717, 1.165) is 11.4 Å². The molecule has 1 heterocycles. The van der Waals surface area contributed by atoms with Gasteiger partial charge in [0.2, 0.25) is 0 Å². The molecule has 0 radical (unpaired) electrons. The van der Waals surface area contributed by atoms with Gasteiger partial charge in [0.25, 0.3) is 5.91 Å². The van der Waals surface area contributed by atoms with Crippen molar-refractivity contribution in [3.05, 3.63) is 47.8 Å². The first kappa shape index (κ1) is 16.3. The molecule has 0 aliphatic rings. The molecule has 0 aliphatic heterocycles. The number of benzene rings is 1. The maximum absolute atomic E-state index is 13.0. The lowest BCUT2D eigenvalue weighted by Gasteiger charge is -2.26. The van der Waals surface area contributed by atoms with Crippen LogP contribution in [0.5, 0.6) is 0 Å². The van der Waals surface area contributed by atoms with E-state index in [-0.39, 0.29) is 17.4 Å². The molecule has 1 aromatic heterocycles. The molecule has 22 heavy (non-hydrogen) atoms. The fourth-order valence-corrected chi connectivity index (χ4v) is 2.40. The fraction of sp³-hybridized carbons (Fsp3) is 0.444. The van der Waals surface area contributed by atoms with Gasteiger partial charge in [-0.3, -0.25) is 9.48 Å². The van der Waals surface area contributed by atoms with Gasteiger partial charge in [-0.25, -0.2) is 0 Å². The van der Waals surface area contributed by atoms with Crippen molar-refractivity contribution in [1.82, 2.24) is 9.78 Å². The van der Waals surface area contributed by atoms with E-state index in [0.29, 0.717) is 5.69 Å². The van der Waals surface area contributed by atoms with Crippen molar-refractivity contribution in [3.63, 3.8) is 0 Å². The van der Waals surface area contributed by atoms with Crippen LogP contribution in [0.15, 0.2) is 36.4 Å². The Balaban J connectivity index is 2.43. The van der Waals surface area contributed by atoms with Gasteiger partial charge in [0.15, 0.2) is 0 Å². The highest BCUT2D eigenvalue weighted by atomic mass is 16.2. The monoisotopic (exact) mass is 299 g/mol. The number of nitrogens with zero attached hydrogens (tertiary/aromatic N) is 3. The summed E-state index contributed by atoms with van der Waals surface area (Å²) in [5.74, 6) is -0.0216. The van der Waals surface area contributed by atoms with Crippen LogP contribution in [0.25, 0.3) is 0 Å². The largest absolute Gasteiger partial charge is 0.305 e. The summed E-state index contributed by atoms with van der Waals surface area (Å²) < 4.78 is 1.68. The van der Waals surface area contributed by atoms with Crippen molar-refractivity contribution < 1.29 is 4.79 Å². The Hall–Kier alpha value is -2.10. The van der Waals surface area contributed by atoms with Gasteiger partial charge in [-0.2, -0.15) is 5.10 Å². The molecule has 0 atom stereocenters. The van der Waals surface area contributed by atoms with Crippen molar-refractivity contribution in [2.45, 2.75) is 46.1 Å². The number of hydrogen-bond acceptors (Lipinski definition) is 2. The zero-order valence-electron chi connectivity index (χ0n) is 14.3. The number of aryl methyl sites for hydroxylation is 1. The Morgan fingerprint density at radius 2 is 1.77 bits per heavy atom. The van der Waals surface area contributed by atoms with Crippen LogP contribution in [0.4, 0.5) is 5.69 Å². The van der Waals surface area contributed by atoms with Gasteiger partial charge in [0, 0.05) is 24.2 Å². The molecule has 0 aliphatic carbocycles. The van der Waals surface area contributed by atoms with Crippen LogP contribution in [0.3, 0.4) is 0 Å². The average molecular weight is 299 g/mol. The fourth-order valence-electron chi connectivity index (χ4n) is 2.40. The SMILES string of the molecule is CC(C)N(C(=O)c1cc(C(C)(C)C)nn1C)c1ccccc1. The predicted octanol–water partition coefficient (Wildman–Crippen LogP) is 3.77. The predicted molar refractivity (Wildman–Crippen MR) is 90.3 cm³/mol. The van der Waals surface area contributed by atoms with Gasteiger partial charge >= 0.3 is 0 Å². The molecule has 0 N–H and O–H groups in total. The summed E-state index contributed by atoms with van der Waals surface area (Å²) >= 11 is 0. The van der Waals surface area contributed by atoms with E-state index in [2.05, 4.69) is 25.9 Å². The van der Waals surface area contributed by atoms with Crippen LogP contribution < -0.4 is 4.90 Å². The molecule has 4 nitrogen and oxygen atoms in total. The molecule has 1 amide bonds. The normalized spacial score (nSPS) is 11.8. The second-order valence-corrected chi connectivity index (χ2v) is 6.89. The molecular formula is C18H25N3O. The maximum atomic E-state index is 13.0. The zero-order chi connectivity index (χ0) is 16.5. The topological polar surface area (TPSA) is 38.1 Å². The zero-order valence-corrected chi connectivity index (χ0v) is 14.3. The average Bonchev–Trinajstić information content (AvgIpc) is 2.82. The van der Waals surface area contributed by atoms with Crippen LogP contribution in [0.2, 0.25) is 0 Å². The molecule has 0 spiro atoms. The highest BCUT2D eigenvalue weighted by molar-refractivity contribution is 6.05. The molecule has 118 valence electrons. The molecule has 1 aromatic carbocycles. The van der Waals surface area contributed by atoms with Gasteiger partial charge < -0.3 is 4.90 Å². The van der Waals surface area contributed by atoms with E-state index in [9.17, 15) is 4.79 Å². The second-order valence-electron chi connectivity index (χ2n) is 6.89. The number of carbonyl (C=O) groups is 1. The second kappa shape index (κ2) is 5.95. The van der Waals surface area contributed by atoms with Gasteiger partial charge in [-0.1, -0.05) is 39.0 Å². The summed E-state index contributed by atoms with van der Waals surface area (Å²) in [4.78, 5) is 14.8. The highest BCUT2D eigenvalue weighted by Crippen LogP contribution is 2.24. The Morgan fingerprint density at radius 3 is 2.23 bits per heavy atom. The van der Waals surface area contributed by atoms with E-state index in [1.54, 1.807) is 4.68 Å². The quantitative estimate of drug-likeness (QED) is 0.865. The summed E-state index contributed by atoms with van der Waals surface area (Å²) in [7, 11) is 1.83. The van der Waals surface area contributed by atoms with Crippen LogP contribution >= 0.6 is 0 Å². The first-order valence-corrected chi connectivity index (χ1v) is 7.65. The lowest BCUT2D eigenvalue weighted by atomic mass is 9.92. The third-order valence-electron chi connectivity index (χ3n) is 3.64. The van der Waals surface area contributed by atoms with Gasteiger partial charge in [0.1, 0.15) is 5.69 Å². The Labute approximate surface area is 132 Å². The number of amides is 1. The van der Waals surface area contributed by atoms with Gasteiger partial charge in [0.05, 0.1) is 5.69 Å². The van der Waals surface area contributed by atoms with Crippen molar-refractivity contribution in [2.75, 3.05) is 4.90 Å². The lowest BCUT2D eigenvalue weighted by molar-refractivity contribution is 0.0971. The van der Waals surface area contributed by atoms with Crippen LogP contribution in [0.1, 0.15) is 50.8 Å². The van der Waals surface area contributed by atoms with Crippen molar-refractivity contribution in [1.29, 1.82) is 0 Å². The summed E-state index contributed by atoms with van der Waals surface area (Å²) in [6.45, 7) is 10.3. The van der Waals surface area contributed by atoms with Gasteiger partial charge in [-0.05, 0) is 32.0 Å². The standard InChI is InChI=1S/C18H25N3O/c1-13(2)21(14-10-8-7-9-11-14)17(22)15-12-16(18(3,4)5)19-20(15)6/h7-13H,1-6H3. The Kier molecular flexibility index (Phi) is 4.40. The molecule has 2 aromatic rings. The summed E-state index contributed by atoms with van der Waals surface area (Å²) in [6.07, 6.45) is 0. The molecule has 0 fully saturated rings. The minimum atomic E-state index is -0.0777. The van der Waals surface area contributed by atoms with Crippen molar-refractivity contribution >= 4 is 11.6 Å². The van der Waals surface area contributed by atoms with Crippen LogP contribution in [-0.2, 0) is 12.5 Å². The minimum absolute atomic E-state index is 0.0216. The number of aromatic nitrogens is 2. The number of hydrogen-bond donors (Lipinski definition) is 0. The van der Waals surface area contributed by atoms with Crippen LogP contribution in [-0.4, -0.2) is 21.7 Å². The van der Waals surface area contributed by atoms with E-state index in [4.69, 9.17) is 0 Å². The molecular weight excluding hydrogens is 274 g/mol. The molecule has 0 bridgehead atoms. The molecule has 0 saturated heterocycles. The number of para-hydroxylation sites is 1. The number of anilines is 1. The third-order valence-corrected chi connectivity index (χ3v) is 3.64. The Morgan fingerprint density at radius 1 is 1.18 bits per heavy atom. The minimum Gasteiger partial charge on any atom is -0.305 e. The van der Waals surface area contributed by atoms with Crippen molar-refractivity contribution in [2.24, 2.45) is 7.05 Å². The molecule has 2 rings (SSSR count). The molecule has 0 unspecified atom stereocenters. The van der Waals surface area contributed by atoms with E-state index in [1.165, 1.54) is 0 Å². The first-order chi connectivity index (χ1) is 10.2. The maximum Gasteiger partial charge on any atom is 0.276 e. The van der Waals surface area contributed by atoms with Crippen LogP contribution in [0, 0.1) is 0 Å². The molecule has 0 saturated carbocycles. The summed E-state index contributed by atoms with van der Waals surface area (Å²) in [5, 5.41) is 4.51. The summed E-state index contributed by atoms with van der Waals surface area (Å²) in [5.41, 5.74) is 2.37. The number of carbonyl (C=O) groups excluding carboxylic acids is 1. The number of rotatable bonds is 3. The summed E-state index contributed by atoms with van der Waals surface area (Å²) in [6, 6.07) is 11.7.